The molecule has 3 aromatic rings. The van der Waals surface area contributed by atoms with Gasteiger partial charge >= 0.3 is 0 Å². The maximum atomic E-state index is 13.3. The second-order valence-corrected chi connectivity index (χ2v) is 6.68. The zero-order valence-electron chi connectivity index (χ0n) is 11.0. The lowest BCUT2D eigenvalue weighted by atomic mass is 10.1. The predicted molar refractivity (Wildman–Crippen MR) is 85.3 cm³/mol. The second-order valence-electron chi connectivity index (χ2n) is 4.56. The molecule has 1 heterocycles. The number of hydrogen-bond donors (Lipinski definition) is 0. The lowest BCUT2D eigenvalue weighted by Gasteiger charge is -1.99. The van der Waals surface area contributed by atoms with Crippen molar-refractivity contribution >= 4 is 27.3 Å². The minimum Gasteiger partial charge on any atom is -0.236 e. The van der Waals surface area contributed by atoms with Crippen LogP contribution in [0.2, 0.25) is 0 Å². The van der Waals surface area contributed by atoms with Crippen LogP contribution in [0.4, 0.5) is 8.78 Å². The minimum atomic E-state index is -0.856. The first-order valence-electron chi connectivity index (χ1n) is 6.23. The summed E-state index contributed by atoms with van der Waals surface area (Å²) in [6.07, 6.45) is 0. The van der Waals surface area contributed by atoms with Gasteiger partial charge in [-0.15, -0.1) is 11.3 Å². The van der Waals surface area contributed by atoms with Crippen LogP contribution in [0.5, 0.6) is 0 Å². The fourth-order valence-corrected chi connectivity index (χ4v) is 3.22. The van der Waals surface area contributed by atoms with Gasteiger partial charge in [0.15, 0.2) is 11.6 Å². The molecule has 2 aromatic carbocycles. The van der Waals surface area contributed by atoms with E-state index in [1.165, 1.54) is 17.4 Å². The van der Waals surface area contributed by atoms with E-state index in [9.17, 15) is 8.78 Å². The average Bonchev–Trinajstić information content (AvgIpc) is 2.85. The van der Waals surface area contributed by atoms with E-state index in [1.54, 1.807) is 6.07 Å². The molecule has 0 bridgehead atoms. The lowest BCUT2D eigenvalue weighted by Crippen LogP contribution is -1.85. The third-order valence-corrected chi connectivity index (χ3v) is 4.63. The maximum Gasteiger partial charge on any atom is 0.159 e. The van der Waals surface area contributed by atoms with E-state index in [0.717, 1.165) is 26.7 Å². The Morgan fingerprint density at radius 2 is 1.62 bits per heavy atom. The van der Waals surface area contributed by atoms with Crippen molar-refractivity contribution in [1.29, 1.82) is 0 Å². The number of benzene rings is 2. The summed E-state index contributed by atoms with van der Waals surface area (Å²) in [7, 11) is 0. The van der Waals surface area contributed by atoms with Gasteiger partial charge in [0.1, 0.15) is 5.01 Å². The van der Waals surface area contributed by atoms with Crippen molar-refractivity contribution in [2.45, 2.75) is 6.92 Å². The van der Waals surface area contributed by atoms with E-state index in [1.807, 2.05) is 31.2 Å². The Bertz CT molecular complexity index is 797. The summed E-state index contributed by atoms with van der Waals surface area (Å²) in [6, 6.07) is 11.7. The molecule has 106 valence electrons. The van der Waals surface area contributed by atoms with Crippen LogP contribution in [0.1, 0.15) is 4.88 Å². The van der Waals surface area contributed by atoms with E-state index < -0.39 is 11.6 Å². The molecular weight excluding hydrogens is 356 g/mol. The van der Waals surface area contributed by atoms with Crippen molar-refractivity contribution in [2.75, 3.05) is 0 Å². The van der Waals surface area contributed by atoms with Crippen LogP contribution in [0, 0.1) is 18.6 Å². The molecule has 0 aliphatic rings. The van der Waals surface area contributed by atoms with Gasteiger partial charge in [0.05, 0.1) is 5.69 Å². The minimum absolute atomic E-state index is 0.588. The van der Waals surface area contributed by atoms with E-state index in [-0.39, 0.29) is 0 Å². The van der Waals surface area contributed by atoms with Gasteiger partial charge in [0.25, 0.3) is 0 Å². The molecule has 1 nitrogen and oxygen atoms in total. The van der Waals surface area contributed by atoms with Crippen molar-refractivity contribution in [3.05, 3.63) is 63.4 Å². The summed E-state index contributed by atoms with van der Waals surface area (Å²) >= 11 is 4.87. The monoisotopic (exact) mass is 365 g/mol. The van der Waals surface area contributed by atoms with E-state index in [0.29, 0.717) is 10.6 Å². The molecule has 0 saturated carbocycles. The van der Waals surface area contributed by atoms with Gasteiger partial charge in [-0.25, -0.2) is 13.8 Å². The Morgan fingerprint density at radius 1 is 0.952 bits per heavy atom. The molecule has 0 fully saturated rings. The summed E-state index contributed by atoms with van der Waals surface area (Å²) in [6.45, 7) is 1.97. The lowest BCUT2D eigenvalue weighted by molar-refractivity contribution is 0.509. The highest BCUT2D eigenvalue weighted by Gasteiger charge is 2.13. The Morgan fingerprint density at radius 3 is 2.29 bits per heavy atom. The highest BCUT2D eigenvalue weighted by molar-refractivity contribution is 9.10. The van der Waals surface area contributed by atoms with Gasteiger partial charge in [-0.1, -0.05) is 28.1 Å². The highest BCUT2D eigenvalue weighted by Crippen LogP contribution is 2.34. The summed E-state index contributed by atoms with van der Waals surface area (Å²) in [5.41, 5.74) is 2.46. The molecule has 0 aliphatic heterocycles. The first kappa shape index (κ1) is 14.4. The molecule has 0 unspecified atom stereocenters. The molecule has 0 N–H and O–H groups in total. The topological polar surface area (TPSA) is 12.9 Å². The Balaban J connectivity index is 2.04. The largest absolute Gasteiger partial charge is 0.236 e. The molecule has 3 rings (SSSR count). The van der Waals surface area contributed by atoms with Crippen molar-refractivity contribution in [3.63, 3.8) is 0 Å². The number of thiazole rings is 1. The molecule has 0 aliphatic carbocycles. The van der Waals surface area contributed by atoms with Gasteiger partial charge in [0.2, 0.25) is 0 Å². The summed E-state index contributed by atoms with van der Waals surface area (Å²) in [4.78, 5) is 5.60. The van der Waals surface area contributed by atoms with E-state index in [2.05, 4.69) is 20.9 Å². The van der Waals surface area contributed by atoms with Crippen LogP contribution < -0.4 is 0 Å². The average molecular weight is 366 g/mol. The molecule has 0 saturated heterocycles. The summed E-state index contributed by atoms with van der Waals surface area (Å²) in [5.74, 6) is -1.70. The molecule has 5 heteroatoms. The molecule has 0 radical (unpaired) electrons. The van der Waals surface area contributed by atoms with Crippen LogP contribution in [0.3, 0.4) is 0 Å². The standard InChI is InChI=1S/C16H10BrF2NS/c1-9-15(10-2-5-12(17)6-3-10)20-16(21-9)11-4-7-13(18)14(19)8-11/h2-8H,1H3. The van der Waals surface area contributed by atoms with Gasteiger partial charge < -0.3 is 0 Å². The summed E-state index contributed by atoms with van der Waals surface area (Å²) < 4.78 is 27.3. The molecule has 0 amide bonds. The van der Waals surface area contributed by atoms with Crippen molar-refractivity contribution < 1.29 is 8.78 Å². The van der Waals surface area contributed by atoms with Crippen molar-refractivity contribution in [3.8, 4) is 21.8 Å². The second kappa shape index (κ2) is 5.66. The molecule has 0 atom stereocenters. The quantitative estimate of drug-likeness (QED) is 0.556. The highest BCUT2D eigenvalue weighted by atomic mass is 79.9. The van der Waals surface area contributed by atoms with Crippen LogP contribution in [0.15, 0.2) is 46.9 Å². The van der Waals surface area contributed by atoms with Gasteiger partial charge in [-0.3, -0.25) is 0 Å². The van der Waals surface area contributed by atoms with Gasteiger partial charge in [-0.05, 0) is 37.3 Å². The smallest absolute Gasteiger partial charge is 0.159 e. The zero-order chi connectivity index (χ0) is 15.0. The third-order valence-electron chi connectivity index (χ3n) is 3.08. The third kappa shape index (κ3) is 2.89. The zero-order valence-corrected chi connectivity index (χ0v) is 13.4. The van der Waals surface area contributed by atoms with Gasteiger partial charge in [-0.2, -0.15) is 0 Å². The van der Waals surface area contributed by atoms with Crippen molar-refractivity contribution in [1.82, 2.24) is 4.98 Å². The predicted octanol–water partition coefficient (Wildman–Crippen LogP) is 5.83. The fourth-order valence-electron chi connectivity index (χ4n) is 2.02. The molecule has 0 spiro atoms. The van der Waals surface area contributed by atoms with Crippen LogP contribution in [-0.2, 0) is 0 Å². The normalized spacial score (nSPS) is 10.9. The maximum absolute atomic E-state index is 13.3. The van der Waals surface area contributed by atoms with Crippen molar-refractivity contribution in [2.24, 2.45) is 0 Å². The first-order valence-corrected chi connectivity index (χ1v) is 7.84. The Hall–Kier alpha value is -1.59. The SMILES string of the molecule is Cc1sc(-c2ccc(F)c(F)c2)nc1-c1ccc(Br)cc1. The molecular formula is C16H10BrF2NS. The number of rotatable bonds is 2. The van der Waals surface area contributed by atoms with E-state index in [4.69, 9.17) is 0 Å². The first-order chi connectivity index (χ1) is 10.0. The van der Waals surface area contributed by atoms with Crippen LogP contribution >= 0.6 is 27.3 Å². The number of hydrogen-bond acceptors (Lipinski definition) is 2. The number of aromatic nitrogens is 1. The number of halogens is 3. The fraction of sp³-hybridized carbons (Fsp3) is 0.0625. The summed E-state index contributed by atoms with van der Waals surface area (Å²) in [5, 5.41) is 0.685. The number of nitrogens with zero attached hydrogens (tertiary/aromatic N) is 1. The Kier molecular flexibility index (Phi) is 3.87. The molecule has 21 heavy (non-hydrogen) atoms. The van der Waals surface area contributed by atoms with Crippen LogP contribution in [0.25, 0.3) is 21.8 Å². The van der Waals surface area contributed by atoms with Crippen LogP contribution in [-0.4, -0.2) is 4.98 Å². The van der Waals surface area contributed by atoms with Gasteiger partial charge in [0, 0.05) is 20.5 Å². The van der Waals surface area contributed by atoms with E-state index >= 15 is 0 Å². The molecule has 1 aromatic heterocycles. The Labute approximate surface area is 133 Å². The number of aryl methyl sites for hydroxylation is 1.